The van der Waals surface area contributed by atoms with Crippen molar-refractivity contribution in [2.24, 2.45) is 7.05 Å². The van der Waals surface area contributed by atoms with Crippen molar-refractivity contribution in [1.82, 2.24) is 24.9 Å². The molecule has 1 N–H and O–H groups in total. The maximum absolute atomic E-state index is 12.2. The monoisotopic (exact) mass is 291 g/mol. The Kier molecular flexibility index (Phi) is 3.89. The second-order valence-electron chi connectivity index (χ2n) is 6.50. The Morgan fingerprint density at radius 3 is 2.81 bits per heavy atom. The Balaban J connectivity index is 1.62. The van der Waals surface area contributed by atoms with Crippen molar-refractivity contribution in [3.8, 4) is 0 Å². The van der Waals surface area contributed by atoms with Gasteiger partial charge in [0.1, 0.15) is 0 Å². The van der Waals surface area contributed by atoms with Crippen molar-refractivity contribution in [3.05, 3.63) is 18.0 Å². The molecule has 1 aromatic rings. The highest BCUT2D eigenvalue weighted by molar-refractivity contribution is 5.75. The van der Waals surface area contributed by atoms with Crippen molar-refractivity contribution in [3.63, 3.8) is 0 Å². The highest BCUT2D eigenvalue weighted by atomic mass is 16.2. The maximum Gasteiger partial charge on any atom is 0.317 e. The van der Waals surface area contributed by atoms with Gasteiger partial charge in [0.2, 0.25) is 0 Å². The fraction of sp³-hybridized carbons (Fsp3) is 0.733. The molecule has 3 rings (SSSR count). The first kappa shape index (κ1) is 14.4. The number of nitrogens with one attached hydrogen (secondary N) is 1. The molecule has 0 aliphatic carbocycles. The summed E-state index contributed by atoms with van der Waals surface area (Å²) in [6.45, 7) is 6.89. The van der Waals surface area contributed by atoms with E-state index in [2.05, 4.69) is 21.5 Å². The summed E-state index contributed by atoms with van der Waals surface area (Å²) in [4.78, 5) is 16.8. The molecule has 6 heteroatoms. The molecule has 1 aromatic heterocycles. The number of likely N-dealkylation sites (tertiary alicyclic amines) is 2. The highest BCUT2D eigenvalue weighted by Gasteiger charge is 2.44. The van der Waals surface area contributed by atoms with Gasteiger partial charge in [-0.25, -0.2) is 4.79 Å². The van der Waals surface area contributed by atoms with Crippen LogP contribution in [0.4, 0.5) is 4.79 Å². The molecule has 2 atom stereocenters. The van der Waals surface area contributed by atoms with E-state index < -0.39 is 0 Å². The molecule has 21 heavy (non-hydrogen) atoms. The standard InChI is InChI=1S/C15H25N5O/c1-11(2)17-15(21)20-7-5-13-14(20)4-6-19(13)10-12-8-16-18(3)9-12/h8-9,11,13-14H,4-7,10H2,1-3H3,(H,17,21)/t13-,14+/m0/s1. The van der Waals surface area contributed by atoms with Crippen LogP contribution in [0, 0.1) is 0 Å². The van der Waals surface area contributed by atoms with Crippen molar-refractivity contribution >= 4 is 6.03 Å². The molecular formula is C15H25N5O. The van der Waals surface area contributed by atoms with Gasteiger partial charge in [-0.15, -0.1) is 0 Å². The van der Waals surface area contributed by atoms with Gasteiger partial charge in [0, 0.05) is 50.5 Å². The lowest BCUT2D eigenvalue weighted by molar-refractivity contribution is 0.185. The molecule has 0 bridgehead atoms. The van der Waals surface area contributed by atoms with Crippen LogP contribution in [0.5, 0.6) is 0 Å². The van der Waals surface area contributed by atoms with E-state index in [1.807, 2.05) is 36.7 Å². The van der Waals surface area contributed by atoms with Crippen LogP contribution in [-0.4, -0.2) is 56.8 Å². The van der Waals surface area contributed by atoms with Crippen molar-refractivity contribution < 1.29 is 4.79 Å². The summed E-state index contributed by atoms with van der Waals surface area (Å²) in [5, 5.41) is 7.26. The van der Waals surface area contributed by atoms with Gasteiger partial charge in [-0.3, -0.25) is 9.58 Å². The summed E-state index contributed by atoms with van der Waals surface area (Å²) in [5.41, 5.74) is 1.25. The second kappa shape index (κ2) is 5.67. The zero-order chi connectivity index (χ0) is 15.0. The van der Waals surface area contributed by atoms with Gasteiger partial charge in [0.15, 0.2) is 0 Å². The van der Waals surface area contributed by atoms with Crippen LogP contribution in [0.1, 0.15) is 32.3 Å². The number of fused-ring (bicyclic) bond motifs is 1. The molecule has 2 saturated heterocycles. The molecule has 2 amide bonds. The SMILES string of the molecule is CC(C)NC(=O)N1CC[C@H]2[C@H]1CCN2Cc1cnn(C)c1. The molecule has 2 aliphatic rings. The molecule has 2 aliphatic heterocycles. The fourth-order valence-electron chi connectivity index (χ4n) is 3.64. The summed E-state index contributed by atoms with van der Waals surface area (Å²) in [5.74, 6) is 0. The molecule has 0 radical (unpaired) electrons. The molecule has 6 nitrogen and oxygen atoms in total. The number of amides is 2. The number of urea groups is 1. The number of hydrogen-bond acceptors (Lipinski definition) is 3. The summed E-state index contributed by atoms with van der Waals surface area (Å²) in [6, 6.07) is 1.17. The van der Waals surface area contributed by atoms with Crippen molar-refractivity contribution in [2.45, 2.75) is 51.4 Å². The highest BCUT2D eigenvalue weighted by Crippen LogP contribution is 2.32. The molecule has 116 valence electrons. The predicted molar refractivity (Wildman–Crippen MR) is 80.8 cm³/mol. The molecular weight excluding hydrogens is 266 g/mol. The quantitative estimate of drug-likeness (QED) is 0.910. The summed E-state index contributed by atoms with van der Waals surface area (Å²) < 4.78 is 1.85. The van der Waals surface area contributed by atoms with Crippen LogP contribution < -0.4 is 5.32 Å². The summed E-state index contributed by atoms with van der Waals surface area (Å²) in [7, 11) is 1.95. The van der Waals surface area contributed by atoms with E-state index in [0.29, 0.717) is 12.1 Å². The molecule has 0 saturated carbocycles. The first-order chi connectivity index (χ1) is 10.0. The van der Waals surface area contributed by atoms with Crippen LogP contribution >= 0.6 is 0 Å². The number of rotatable bonds is 3. The average Bonchev–Trinajstić information content (AvgIpc) is 3.07. The molecule has 2 fully saturated rings. The van der Waals surface area contributed by atoms with Crippen LogP contribution in [-0.2, 0) is 13.6 Å². The summed E-state index contributed by atoms with van der Waals surface area (Å²) in [6.07, 6.45) is 6.17. The van der Waals surface area contributed by atoms with Crippen molar-refractivity contribution in [2.75, 3.05) is 13.1 Å². The minimum atomic E-state index is 0.0979. The van der Waals surface area contributed by atoms with Gasteiger partial charge < -0.3 is 10.2 Å². The predicted octanol–water partition coefficient (Wildman–Crippen LogP) is 1.19. The van der Waals surface area contributed by atoms with Crippen LogP contribution in [0.2, 0.25) is 0 Å². The van der Waals surface area contributed by atoms with Gasteiger partial charge in [-0.05, 0) is 26.7 Å². The fourth-order valence-corrected chi connectivity index (χ4v) is 3.64. The van der Waals surface area contributed by atoms with Gasteiger partial charge in [-0.2, -0.15) is 5.10 Å². The van der Waals surface area contributed by atoms with E-state index in [1.54, 1.807) is 0 Å². The molecule has 0 unspecified atom stereocenters. The third-order valence-corrected chi connectivity index (χ3v) is 4.51. The number of nitrogens with zero attached hydrogens (tertiary/aromatic N) is 4. The topological polar surface area (TPSA) is 53.4 Å². The average molecular weight is 291 g/mol. The zero-order valence-corrected chi connectivity index (χ0v) is 13.1. The number of carbonyl (C=O) groups excluding carboxylic acids is 1. The van der Waals surface area contributed by atoms with Gasteiger partial charge >= 0.3 is 6.03 Å². The minimum Gasteiger partial charge on any atom is -0.336 e. The maximum atomic E-state index is 12.2. The number of aromatic nitrogens is 2. The zero-order valence-electron chi connectivity index (χ0n) is 13.1. The Morgan fingerprint density at radius 2 is 2.14 bits per heavy atom. The van der Waals surface area contributed by atoms with E-state index in [9.17, 15) is 4.79 Å². The van der Waals surface area contributed by atoms with E-state index in [-0.39, 0.29) is 12.1 Å². The van der Waals surface area contributed by atoms with Gasteiger partial charge in [0.25, 0.3) is 0 Å². The number of carbonyl (C=O) groups is 1. The Hall–Kier alpha value is -1.56. The molecule has 0 aromatic carbocycles. The first-order valence-electron chi connectivity index (χ1n) is 7.83. The second-order valence-corrected chi connectivity index (χ2v) is 6.50. The minimum absolute atomic E-state index is 0.0979. The lowest BCUT2D eigenvalue weighted by Gasteiger charge is -2.26. The number of hydrogen-bond donors (Lipinski definition) is 1. The first-order valence-corrected chi connectivity index (χ1v) is 7.83. The Labute approximate surface area is 126 Å². The lowest BCUT2D eigenvalue weighted by Crippen LogP contribution is -2.46. The van der Waals surface area contributed by atoms with Gasteiger partial charge in [-0.1, -0.05) is 0 Å². The Bertz CT molecular complexity index is 512. The van der Waals surface area contributed by atoms with Gasteiger partial charge in [0.05, 0.1) is 12.2 Å². The lowest BCUT2D eigenvalue weighted by atomic mass is 10.1. The van der Waals surface area contributed by atoms with E-state index >= 15 is 0 Å². The third-order valence-electron chi connectivity index (χ3n) is 4.51. The van der Waals surface area contributed by atoms with Crippen LogP contribution in [0.3, 0.4) is 0 Å². The van der Waals surface area contributed by atoms with E-state index in [1.165, 1.54) is 5.56 Å². The third kappa shape index (κ3) is 2.90. The van der Waals surface area contributed by atoms with Crippen molar-refractivity contribution in [1.29, 1.82) is 0 Å². The van der Waals surface area contributed by atoms with E-state index in [4.69, 9.17) is 0 Å². The van der Waals surface area contributed by atoms with E-state index in [0.717, 1.165) is 32.5 Å². The van der Waals surface area contributed by atoms with Crippen LogP contribution in [0.15, 0.2) is 12.4 Å². The van der Waals surface area contributed by atoms with Crippen LogP contribution in [0.25, 0.3) is 0 Å². The smallest absolute Gasteiger partial charge is 0.317 e. The summed E-state index contributed by atoms with van der Waals surface area (Å²) >= 11 is 0. The largest absolute Gasteiger partial charge is 0.336 e. The molecule has 3 heterocycles. The Morgan fingerprint density at radius 1 is 1.38 bits per heavy atom. The molecule has 0 spiro atoms. The normalized spacial score (nSPS) is 25.6. The number of aryl methyl sites for hydroxylation is 1.